The third kappa shape index (κ3) is 3.07. The molecule has 3 N–H and O–H groups in total. The van der Waals surface area contributed by atoms with Crippen LogP contribution in [0.15, 0.2) is 12.1 Å². The average molecular weight is 254 g/mol. The van der Waals surface area contributed by atoms with Gasteiger partial charge < -0.3 is 10.8 Å². The summed E-state index contributed by atoms with van der Waals surface area (Å²) in [6.45, 7) is 5.97. The van der Waals surface area contributed by atoms with Crippen molar-refractivity contribution in [3.05, 3.63) is 21.9 Å². The second-order valence-electron chi connectivity index (χ2n) is 5.04. The van der Waals surface area contributed by atoms with Crippen molar-refractivity contribution < 1.29 is 5.11 Å². The Hall–Kier alpha value is -0.420. The zero-order valence-electron chi connectivity index (χ0n) is 10.6. The van der Waals surface area contributed by atoms with Crippen molar-refractivity contribution in [1.82, 2.24) is 4.90 Å². The number of nitrogens with two attached hydrogens (primary N) is 1. The normalized spacial score (nSPS) is 25.8. The van der Waals surface area contributed by atoms with Crippen LogP contribution >= 0.6 is 11.3 Å². The number of nitrogens with zero attached hydrogens (tertiary/aromatic N) is 1. The summed E-state index contributed by atoms with van der Waals surface area (Å²) in [6, 6.07) is 4.67. The Kier molecular flexibility index (Phi) is 4.20. The van der Waals surface area contributed by atoms with Gasteiger partial charge in [-0.25, -0.2) is 0 Å². The predicted molar refractivity (Wildman–Crippen MR) is 72.3 cm³/mol. The van der Waals surface area contributed by atoms with Gasteiger partial charge in [0, 0.05) is 22.3 Å². The van der Waals surface area contributed by atoms with Crippen LogP contribution < -0.4 is 5.73 Å². The lowest BCUT2D eigenvalue weighted by Gasteiger charge is -2.38. The quantitative estimate of drug-likeness (QED) is 0.866. The van der Waals surface area contributed by atoms with Crippen molar-refractivity contribution in [2.24, 2.45) is 5.73 Å². The number of aliphatic hydroxyl groups is 1. The first-order valence-corrected chi connectivity index (χ1v) is 7.13. The third-order valence-electron chi connectivity index (χ3n) is 3.37. The Morgan fingerprint density at radius 2 is 2.29 bits per heavy atom. The van der Waals surface area contributed by atoms with Gasteiger partial charge in [-0.15, -0.1) is 11.3 Å². The van der Waals surface area contributed by atoms with Gasteiger partial charge in [0.25, 0.3) is 0 Å². The van der Waals surface area contributed by atoms with Crippen LogP contribution in [0.4, 0.5) is 0 Å². The van der Waals surface area contributed by atoms with Crippen LogP contribution in [0.3, 0.4) is 0 Å². The number of aliphatic hydroxyl groups excluding tert-OH is 1. The van der Waals surface area contributed by atoms with Crippen molar-refractivity contribution in [1.29, 1.82) is 0 Å². The van der Waals surface area contributed by atoms with E-state index in [1.807, 2.05) is 11.3 Å². The van der Waals surface area contributed by atoms with E-state index in [0.29, 0.717) is 0 Å². The summed E-state index contributed by atoms with van der Waals surface area (Å²) in [7, 11) is 0. The van der Waals surface area contributed by atoms with Crippen LogP contribution in [0.25, 0.3) is 0 Å². The molecule has 0 saturated carbocycles. The molecule has 1 fully saturated rings. The van der Waals surface area contributed by atoms with E-state index in [2.05, 4.69) is 30.9 Å². The predicted octanol–water partition coefficient (Wildman–Crippen LogP) is 1.90. The minimum Gasteiger partial charge on any atom is -0.392 e. The lowest BCUT2D eigenvalue weighted by Crippen LogP contribution is -2.45. The lowest BCUT2D eigenvalue weighted by molar-refractivity contribution is 0.0414. The number of aryl methyl sites for hydroxylation is 1. The highest BCUT2D eigenvalue weighted by Crippen LogP contribution is 2.31. The maximum Gasteiger partial charge on any atom is 0.0667 e. The molecule has 2 rings (SSSR count). The molecule has 3 unspecified atom stereocenters. The largest absolute Gasteiger partial charge is 0.392 e. The minimum absolute atomic E-state index is 0.0957. The van der Waals surface area contributed by atoms with Crippen molar-refractivity contribution in [3.63, 3.8) is 0 Å². The van der Waals surface area contributed by atoms with Crippen molar-refractivity contribution in [3.8, 4) is 0 Å². The Morgan fingerprint density at radius 3 is 2.82 bits per heavy atom. The Labute approximate surface area is 107 Å². The second kappa shape index (κ2) is 5.48. The smallest absolute Gasteiger partial charge is 0.0667 e. The van der Waals surface area contributed by atoms with E-state index < -0.39 is 0 Å². The molecular formula is C13H22N2OS. The van der Waals surface area contributed by atoms with Gasteiger partial charge >= 0.3 is 0 Å². The van der Waals surface area contributed by atoms with E-state index in [0.717, 1.165) is 25.9 Å². The number of β-amino-alcohol motifs (C(OH)–C–C–N with tert-alkyl or cyclic N) is 1. The lowest BCUT2D eigenvalue weighted by atomic mass is 10.0. The highest BCUT2D eigenvalue weighted by Gasteiger charge is 2.29. The number of likely N-dealkylation sites (tertiary alicyclic amines) is 1. The van der Waals surface area contributed by atoms with Crippen molar-refractivity contribution >= 4 is 11.3 Å². The number of hydrogen-bond acceptors (Lipinski definition) is 4. The van der Waals surface area contributed by atoms with E-state index in [9.17, 15) is 5.11 Å². The molecule has 1 aromatic rings. The molecule has 17 heavy (non-hydrogen) atoms. The standard InChI is InChI=1S/C13H22N2OS/c1-9-5-6-12(17-9)13(10(2)14)15-7-3-4-11(16)8-15/h5-6,10-11,13,16H,3-4,7-8,14H2,1-2H3. The van der Waals surface area contributed by atoms with Crippen molar-refractivity contribution in [2.75, 3.05) is 13.1 Å². The topological polar surface area (TPSA) is 49.5 Å². The number of thiophene rings is 1. The van der Waals surface area contributed by atoms with E-state index in [1.165, 1.54) is 9.75 Å². The summed E-state index contributed by atoms with van der Waals surface area (Å²) in [5.74, 6) is 0. The molecule has 1 aromatic heterocycles. The van der Waals surface area contributed by atoms with Gasteiger partial charge in [0.05, 0.1) is 12.1 Å². The number of rotatable bonds is 3. The van der Waals surface area contributed by atoms with Gasteiger partial charge in [0.2, 0.25) is 0 Å². The van der Waals surface area contributed by atoms with Crippen LogP contribution in [-0.4, -0.2) is 35.2 Å². The number of hydrogen-bond donors (Lipinski definition) is 2. The molecule has 1 saturated heterocycles. The molecule has 4 heteroatoms. The summed E-state index contributed by atoms with van der Waals surface area (Å²) >= 11 is 1.82. The molecule has 0 spiro atoms. The van der Waals surface area contributed by atoms with E-state index >= 15 is 0 Å². The molecule has 96 valence electrons. The zero-order valence-corrected chi connectivity index (χ0v) is 11.4. The van der Waals surface area contributed by atoms with E-state index in [1.54, 1.807) is 0 Å². The second-order valence-corrected chi connectivity index (χ2v) is 6.36. The van der Waals surface area contributed by atoms with Gasteiger partial charge in [0.1, 0.15) is 0 Å². The fourth-order valence-corrected chi connectivity index (χ4v) is 3.75. The SMILES string of the molecule is Cc1ccc(C(C(C)N)N2CCCC(O)C2)s1. The molecule has 0 radical (unpaired) electrons. The number of piperidine rings is 1. The first-order valence-electron chi connectivity index (χ1n) is 6.32. The summed E-state index contributed by atoms with van der Waals surface area (Å²) in [4.78, 5) is 4.99. The minimum atomic E-state index is -0.189. The van der Waals surface area contributed by atoms with Gasteiger partial charge in [0.15, 0.2) is 0 Å². The Bertz CT molecular complexity index is 364. The first kappa shape index (κ1) is 13.0. The van der Waals surface area contributed by atoms with Gasteiger partial charge in [-0.3, -0.25) is 4.90 Å². The summed E-state index contributed by atoms with van der Waals surface area (Å²) in [5, 5.41) is 9.78. The summed E-state index contributed by atoms with van der Waals surface area (Å²) in [6.07, 6.45) is 1.80. The molecule has 3 atom stereocenters. The summed E-state index contributed by atoms with van der Waals surface area (Å²) in [5.41, 5.74) is 6.14. The molecule has 0 bridgehead atoms. The van der Waals surface area contributed by atoms with Gasteiger partial charge in [-0.1, -0.05) is 0 Å². The van der Waals surface area contributed by atoms with Crippen LogP contribution in [0.2, 0.25) is 0 Å². The summed E-state index contributed by atoms with van der Waals surface area (Å²) < 4.78 is 0. The monoisotopic (exact) mass is 254 g/mol. The fourth-order valence-electron chi connectivity index (χ4n) is 2.62. The van der Waals surface area contributed by atoms with Crippen LogP contribution in [0.5, 0.6) is 0 Å². The van der Waals surface area contributed by atoms with Crippen LogP contribution in [0.1, 0.15) is 35.6 Å². The van der Waals surface area contributed by atoms with E-state index in [4.69, 9.17) is 5.73 Å². The first-order chi connectivity index (χ1) is 8.08. The van der Waals surface area contributed by atoms with Crippen LogP contribution in [0, 0.1) is 6.92 Å². The zero-order chi connectivity index (χ0) is 12.4. The van der Waals surface area contributed by atoms with Gasteiger partial charge in [-0.05, 0) is 45.4 Å². The highest BCUT2D eigenvalue weighted by atomic mass is 32.1. The maximum atomic E-state index is 9.78. The molecule has 0 aliphatic carbocycles. The van der Waals surface area contributed by atoms with Crippen molar-refractivity contribution in [2.45, 2.75) is 44.9 Å². The van der Waals surface area contributed by atoms with Crippen LogP contribution in [-0.2, 0) is 0 Å². The molecule has 1 aliphatic heterocycles. The fraction of sp³-hybridized carbons (Fsp3) is 0.692. The Morgan fingerprint density at radius 1 is 1.53 bits per heavy atom. The van der Waals surface area contributed by atoms with Gasteiger partial charge in [-0.2, -0.15) is 0 Å². The highest BCUT2D eigenvalue weighted by molar-refractivity contribution is 7.12. The molecular weight excluding hydrogens is 232 g/mol. The average Bonchev–Trinajstić information content (AvgIpc) is 2.64. The van der Waals surface area contributed by atoms with E-state index in [-0.39, 0.29) is 18.2 Å². The molecule has 3 nitrogen and oxygen atoms in total. The third-order valence-corrected chi connectivity index (χ3v) is 4.44. The molecule has 1 aliphatic rings. The maximum absolute atomic E-state index is 9.78. The Balaban J connectivity index is 2.17. The molecule has 0 amide bonds. The molecule has 0 aromatic carbocycles. The molecule has 2 heterocycles.